The average molecular weight is 377 g/mol. The minimum atomic E-state index is -1.90. The van der Waals surface area contributed by atoms with Crippen molar-refractivity contribution >= 4 is 13.9 Å². The lowest BCUT2D eigenvalue weighted by atomic mass is 9.73. The molecule has 3 atom stereocenters. The number of rotatable bonds is 4. The molecule has 0 amide bonds. The standard InChI is InChI=1S/C22H33FO2Si/c1-15(2)22-14-19(24-26(7,8)20(3,4)5)21(6,25-22)13-18(22)16-10-9-11-17(23)12-16/h9-13,15,19H,14H2,1-8H3/t19-,21+,22-/m1/s1. The van der Waals surface area contributed by atoms with Gasteiger partial charge >= 0.3 is 0 Å². The Bertz CT molecular complexity index is 734. The third-order valence-electron chi connectivity index (χ3n) is 6.73. The molecule has 1 fully saturated rings. The van der Waals surface area contributed by atoms with Gasteiger partial charge in [0.15, 0.2) is 8.32 Å². The molecule has 0 aliphatic carbocycles. The lowest BCUT2D eigenvalue weighted by Crippen LogP contribution is -2.49. The Balaban J connectivity index is 2.00. The zero-order chi connectivity index (χ0) is 19.5. The van der Waals surface area contributed by atoms with Crippen LogP contribution in [0.4, 0.5) is 4.39 Å². The Morgan fingerprint density at radius 1 is 1.27 bits per heavy atom. The van der Waals surface area contributed by atoms with Crippen molar-refractivity contribution in [2.75, 3.05) is 0 Å². The lowest BCUT2D eigenvalue weighted by molar-refractivity contribution is -0.0601. The van der Waals surface area contributed by atoms with Crippen LogP contribution in [0.15, 0.2) is 30.3 Å². The molecule has 2 bridgehead atoms. The second-order valence-corrected chi connectivity index (χ2v) is 14.7. The summed E-state index contributed by atoms with van der Waals surface area (Å²) in [7, 11) is -1.90. The van der Waals surface area contributed by atoms with Crippen LogP contribution in [-0.2, 0) is 9.16 Å². The highest BCUT2D eigenvalue weighted by Crippen LogP contribution is 2.58. The molecule has 0 radical (unpaired) electrons. The molecule has 3 rings (SSSR count). The molecule has 2 aliphatic rings. The van der Waals surface area contributed by atoms with Gasteiger partial charge in [-0.3, -0.25) is 0 Å². The van der Waals surface area contributed by atoms with Gasteiger partial charge in [0.2, 0.25) is 0 Å². The summed E-state index contributed by atoms with van der Waals surface area (Å²) in [6.45, 7) is 17.9. The van der Waals surface area contributed by atoms with Gasteiger partial charge in [0, 0.05) is 6.42 Å². The van der Waals surface area contributed by atoms with Crippen molar-refractivity contribution in [3.05, 3.63) is 41.7 Å². The van der Waals surface area contributed by atoms with Crippen LogP contribution in [0.1, 0.15) is 53.5 Å². The summed E-state index contributed by atoms with van der Waals surface area (Å²) in [6, 6.07) is 6.87. The van der Waals surface area contributed by atoms with E-state index in [4.69, 9.17) is 9.16 Å². The first-order valence-corrected chi connectivity index (χ1v) is 12.6. The summed E-state index contributed by atoms with van der Waals surface area (Å²) in [6.07, 6.45) is 3.07. The highest BCUT2D eigenvalue weighted by molar-refractivity contribution is 6.74. The van der Waals surface area contributed by atoms with Gasteiger partial charge in [-0.2, -0.15) is 0 Å². The molecule has 144 valence electrons. The van der Waals surface area contributed by atoms with Crippen molar-refractivity contribution in [1.82, 2.24) is 0 Å². The Morgan fingerprint density at radius 3 is 2.46 bits per heavy atom. The van der Waals surface area contributed by atoms with Crippen molar-refractivity contribution in [2.45, 2.75) is 83.4 Å². The van der Waals surface area contributed by atoms with Crippen LogP contribution in [0.25, 0.3) is 5.57 Å². The maximum absolute atomic E-state index is 13.8. The van der Waals surface area contributed by atoms with Crippen LogP contribution in [0.3, 0.4) is 0 Å². The maximum Gasteiger partial charge on any atom is 0.192 e. The summed E-state index contributed by atoms with van der Waals surface area (Å²) in [5, 5.41) is 0.158. The first kappa shape index (κ1) is 19.8. The predicted molar refractivity (Wildman–Crippen MR) is 108 cm³/mol. The molecule has 26 heavy (non-hydrogen) atoms. The van der Waals surface area contributed by atoms with Crippen LogP contribution in [-0.4, -0.2) is 25.6 Å². The number of benzene rings is 1. The molecule has 1 aromatic carbocycles. The summed E-state index contributed by atoms with van der Waals surface area (Å²) in [4.78, 5) is 0. The van der Waals surface area contributed by atoms with Crippen LogP contribution in [0.5, 0.6) is 0 Å². The van der Waals surface area contributed by atoms with E-state index in [0.29, 0.717) is 0 Å². The Hall–Kier alpha value is -0.973. The Morgan fingerprint density at radius 2 is 1.92 bits per heavy atom. The number of ether oxygens (including phenoxy) is 1. The smallest absolute Gasteiger partial charge is 0.192 e. The van der Waals surface area contributed by atoms with E-state index >= 15 is 0 Å². The fraction of sp³-hybridized carbons (Fsp3) is 0.636. The van der Waals surface area contributed by atoms with Crippen molar-refractivity contribution in [1.29, 1.82) is 0 Å². The molecular weight excluding hydrogens is 343 g/mol. The van der Waals surface area contributed by atoms with Gasteiger partial charge in [0.05, 0.1) is 11.7 Å². The number of fused-ring (bicyclic) bond motifs is 2. The van der Waals surface area contributed by atoms with Crippen molar-refractivity contribution in [3.8, 4) is 0 Å². The van der Waals surface area contributed by atoms with Crippen LogP contribution >= 0.6 is 0 Å². The third-order valence-corrected chi connectivity index (χ3v) is 11.2. The molecule has 1 saturated heterocycles. The highest BCUT2D eigenvalue weighted by Gasteiger charge is 2.62. The largest absolute Gasteiger partial charge is 0.411 e. The van der Waals surface area contributed by atoms with Gasteiger partial charge in [-0.05, 0) is 60.3 Å². The average Bonchev–Trinajstić information content (AvgIpc) is 2.95. The molecule has 1 aromatic rings. The van der Waals surface area contributed by atoms with E-state index in [9.17, 15) is 4.39 Å². The van der Waals surface area contributed by atoms with E-state index in [-0.39, 0.29) is 22.9 Å². The molecule has 2 aliphatic heterocycles. The molecule has 4 heteroatoms. The van der Waals surface area contributed by atoms with Crippen molar-refractivity contribution in [3.63, 3.8) is 0 Å². The van der Waals surface area contributed by atoms with Gasteiger partial charge in [-0.15, -0.1) is 0 Å². The fourth-order valence-corrected chi connectivity index (χ4v) is 5.40. The quantitative estimate of drug-likeness (QED) is 0.584. The van der Waals surface area contributed by atoms with Crippen LogP contribution in [0, 0.1) is 11.7 Å². The summed E-state index contributed by atoms with van der Waals surface area (Å²) < 4.78 is 27.3. The molecule has 2 heterocycles. The fourth-order valence-electron chi connectivity index (χ4n) is 4.01. The van der Waals surface area contributed by atoms with Gasteiger partial charge in [0.25, 0.3) is 0 Å². The molecule has 0 spiro atoms. The number of hydrogen-bond acceptors (Lipinski definition) is 2. The van der Waals surface area contributed by atoms with Crippen molar-refractivity contribution < 1.29 is 13.6 Å². The van der Waals surface area contributed by atoms with Gasteiger partial charge in [-0.25, -0.2) is 4.39 Å². The molecule has 0 aromatic heterocycles. The monoisotopic (exact) mass is 376 g/mol. The second-order valence-electron chi connectivity index (χ2n) is 9.97. The summed E-state index contributed by atoms with van der Waals surface area (Å²) in [5.41, 5.74) is 1.18. The van der Waals surface area contributed by atoms with Crippen molar-refractivity contribution in [2.24, 2.45) is 5.92 Å². The maximum atomic E-state index is 13.8. The molecule has 0 N–H and O–H groups in total. The third kappa shape index (κ3) is 3.00. The summed E-state index contributed by atoms with van der Waals surface area (Å²) >= 11 is 0. The molecule has 0 saturated carbocycles. The minimum absolute atomic E-state index is 0.0445. The highest BCUT2D eigenvalue weighted by atomic mass is 28.4. The lowest BCUT2D eigenvalue weighted by Gasteiger charge is -2.42. The topological polar surface area (TPSA) is 18.5 Å². The van der Waals surface area contributed by atoms with E-state index in [2.05, 4.69) is 60.7 Å². The van der Waals surface area contributed by atoms with E-state index < -0.39 is 19.5 Å². The van der Waals surface area contributed by atoms with E-state index in [0.717, 1.165) is 17.6 Å². The normalized spacial score (nSPS) is 31.6. The SMILES string of the molecule is CC(C)[C@]12C[C@@H](O[Si](C)(C)C(C)(C)C)[C@](C)(C=C1c1cccc(F)c1)O2. The Labute approximate surface area is 158 Å². The van der Waals surface area contributed by atoms with E-state index in [1.54, 1.807) is 12.1 Å². The van der Waals surface area contributed by atoms with E-state index in [1.165, 1.54) is 6.07 Å². The first-order chi connectivity index (χ1) is 11.8. The molecule has 0 unspecified atom stereocenters. The van der Waals surface area contributed by atoms with Gasteiger partial charge < -0.3 is 9.16 Å². The van der Waals surface area contributed by atoms with Crippen LogP contribution in [0.2, 0.25) is 18.1 Å². The second kappa shape index (κ2) is 6.01. The zero-order valence-electron chi connectivity index (χ0n) is 17.4. The van der Waals surface area contributed by atoms with Gasteiger partial charge in [-0.1, -0.05) is 46.8 Å². The van der Waals surface area contributed by atoms with Crippen LogP contribution < -0.4 is 0 Å². The van der Waals surface area contributed by atoms with E-state index in [1.807, 2.05) is 6.07 Å². The zero-order valence-corrected chi connectivity index (χ0v) is 18.4. The first-order valence-electron chi connectivity index (χ1n) is 9.68. The minimum Gasteiger partial charge on any atom is -0.411 e. The number of hydrogen-bond donors (Lipinski definition) is 0. The summed E-state index contributed by atoms with van der Waals surface area (Å²) in [5.74, 6) is 0.0798. The Kier molecular flexibility index (Phi) is 4.57. The molecule has 2 nitrogen and oxygen atoms in total. The molecular formula is C22H33FO2Si. The van der Waals surface area contributed by atoms with Gasteiger partial charge in [0.1, 0.15) is 11.4 Å². The predicted octanol–water partition coefficient (Wildman–Crippen LogP) is 6.19. The number of halogens is 1.